The van der Waals surface area contributed by atoms with E-state index in [1.54, 1.807) is 0 Å². The SMILES string of the molecule is NCC(N)Cc1ccc(S(=O)(=O)O)c(O)c1O. The van der Waals surface area contributed by atoms with Crippen LogP contribution in [0.2, 0.25) is 0 Å². The van der Waals surface area contributed by atoms with Gasteiger partial charge < -0.3 is 21.7 Å². The van der Waals surface area contributed by atoms with Crippen LogP contribution in [-0.4, -0.2) is 35.8 Å². The Morgan fingerprint density at radius 2 is 1.82 bits per heavy atom. The Labute approximate surface area is 98.4 Å². The summed E-state index contributed by atoms with van der Waals surface area (Å²) in [6.45, 7) is 0.181. The van der Waals surface area contributed by atoms with Crippen LogP contribution in [0.5, 0.6) is 11.5 Å². The lowest BCUT2D eigenvalue weighted by Crippen LogP contribution is -2.31. The lowest BCUT2D eigenvalue weighted by Gasteiger charge is -2.12. The molecule has 0 spiro atoms. The number of phenolic OH excluding ortho intramolecular Hbond substituents is 2. The minimum absolute atomic E-state index is 0.181. The van der Waals surface area contributed by atoms with Gasteiger partial charge in [0.05, 0.1) is 0 Å². The van der Waals surface area contributed by atoms with Crippen LogP contribution in [0.3, 0.4) is 0 Å². The van der Waals surface area contributed by atoms with Crippen LogP contribution in [0.25, 0.3) is 0 Å². The summed E-state index contributed by atoms with van der Waals surface area (Å²) in [5.74, 6) is -1.52. The molecule has 1 atom stereocenters. The van der Waals surface area contributed by atoms with E-state index in [1.807, 2.05) is 0 Å². The number of hydrogen-bond acceptors (Lipinski definition) is 6. The van der Waals surface area contributed by atoms with E-state index < -0.39 is 32.6 Å². The maximum atomic E-state index is 10.8. The van der Waals surface area contributed by atoms with Crippen LogP contribution in [-0.2, 0) is 16.5 Å². The molecule has 0 fully saturated rings. The van der Waals surface area contributed by atoms with Crippen LogP contribution < -0.4 is 11.5 Å². The third kappa shape index (κ3) is 3.07. The van der Waals surface area contributed by atoms with Crippen molar-refractivity contribution in [3.63, 3.8) is 0 Å². The van der Waals surface area contributed by atoms with Gasteiger partial charge in [0.2, 0.25) is 0 Å². The van der Waals surface area contributed by atoms with Crippen LogP contribution in [0.4, 0.5) is 0 Å². The summed E-state index contributed by atoms with van der Waals surface area (Å²) in [6, 6.07) is 1.83. The maximum absolute atomic E-state index is 10.8. The first kappa shape index (κ1) is 13.7. The van der Waals surface area contributed by atoms with Gasteiger partial charge in [0, 0.05) is 12.6 Å². The Balaban J connectivity index is 3.20. The highest BCUT2D eigenvalue weighted by atomic mass is 32.2. The quantitative estimate of drug-likeness (QED) is 0.351. The zero-order valence-electron chi connectivity index (χ0n) is 8.87. The largest absolute Gasteiger partial charge is 0.504 e. The van der Waals surface area contributed by atoms with E-state index in [0.29, 0.717) is 0 Å². The first-order chi connectivity index (χ1) is 7.77. The first-order valence-corrected chi connectivity index (χ1v) is 6.18. The van der Waals surface area contributed by atoms with Crippen molar-refractivity contribution in [1.29, 1.82) is 0 Å². The molecule has 0 saturated heterocycles. The van der Waals surface area contributed by atoms with E-state index in [2.05, 4.69) is 0 Å². The lowest BCUT2D eigenvalue weighted by molar-refractivity contribution is 0.384. The van der Waals surface area contributed by atoms with Gasteiger partial charge in [-0.1, -0.05) is 6.07 Å². The van der Waals surface area contributed by atoms with Gasteiger partial charge in [-0.2, -0.15) is 8.42 Å². The molecule has 1 aromatic carbocycles. The summed E-state index contributed by atoms with van der Waals surface area (Å²) >= 11 is 0. The standard InChI is InChI=1S/C9H14N2O5S/c10-4-6(11)3-5-1-2-7(17(14,15)16)9(13)8(5)12/h1-2,6,12-13H,3-4,10-11H2,(H,14,15,16). The lowest BCUT2D eigenvalue weighted by atomic mass is 10.1. The molecule has 0 aliphatic heterocycles. The van der Waals surface area contributed by atoms with E-state index in [1.165, 1.54) is 6.07 Å². The molecule has 0 amide bonds. The zero-order valence-corrected chi connectivity index (χ0v) is 9.68. The highest BCUT2D eigenvalue weighted by Crippen LogP contribution is 2.35. The van der Waals surface area contributed by atoms with Gasteiger partial charge in [-0.05, 0) is 18.1 Å². The molecule has 0 aliphatic rings. The summed E-state index contributed by atoms with van der Waals surface area (Å²) in [4.78, 5) is -0.750. The van der Waals surface area contributed by atoms with E-state index in [-0.39, 0.29) is 18.5 Å². The second-order valence-corrected chi connectivity index (χ2v) is 4.98. The summed E-state index contributed by atoms with van der Waals surface area (Å²) in [6.07, 6.45) is 0.182. The van der Waals surface area contributed by atoms with Gasteiger partial charge in [0.15, 0.2) is 11.5 Å². The maximum Gasteiger partial charge on any atom is 0.298 e. The van der Waals surface area contributed by atoms with Gasteiger partial charge in [0.1, 0.15) is 4.90 Å². The van der Waals surface area contributed by atoms with Crippen molar-refractivity contribution in [1.82, 2.24) is 0 Å². The molecule has 7 nitrogen and oxygen atoms in total. The third-order valence-electron chi connectivity index (χ3n) is 2.26. The van der Waals surface area contributed by atoms with Gasteiger partial charge in [0.25, 0.3) is 10.1 Å². The molecule has 0 aliphatic carbocycles. The van der Waals surface area contributed by atoms with Crippen molar-refractivity contribution in [2.24, 2.45) is 11.5 Å². The van der Waals surface area contributed by atoms with E-state index in [4.69, 9.17) is 16.0 Å². The monoisotopic (exact) mass is 262 g/mol. The summed E-state index contributed by atoms with van der Waals surface area (Å²) in [7, 11) is -4.57. The average molecular weight is 262 g/mol. The highest BCUT2D eigenvalue weighted by molar-refractivity contribution is 7.86. The smallest absolute Gasteiger partial charge is 0.298 e. The topological polar surface area (TPSA) is 147 Å². The molecule has 1 unspecified atom stereocenters. The van der Waals surface area contributed by atoms with Crippen molar-refractivity contribution in [2.45, 2.75) is 17.4 Å². The molecule has 1 rings (SSSR count). The number of benzene rings is 1. The van der Waals surface area contributed by atoms with Crippen LogP contribution in [0, 0.1) is 0 Å². The molecule has 8 heteroatoms. The minimum atomic E-state index is -4.57. The predicted octanol–water partition coefficient (Wildman–Crippen LogP) is -0.827. The molecule has 17 heavy (non-hydrogen) atoms. The normalized spacial score (nSPS) is 13.6. The number of aromatic hydroxyl groups is 2. The molecular formula is C9H14N2O5S. The number of nitrogens with two attached hydrogens (primary N) is 2. The third-order valence-corrected chi connectivity index (χ3v) is 3.15. The number of phenols is 2. The van der Waals surface area contributed by atoms with Crippen molar-refractivity contribution < 1.29 is 23.2 Å². The Morgan fingerprint density at radius 1 is 1.24 bits per heavy atom. The molecule has 1 aromatic rings. The van der Waals surface area contributed by atoms with E-state index in [0.717, 1.165) is 6.07 Å². The number of rotatable bonds is 4. The molecular weight excluding hydrogens is 248 g/mol. The molecule has 7 N–H and O–H groups in total. The number of hydrogen-bond donors (Lipinski definition) is 5. The Morgan fingerprint density at radius 3 is 2.29 bits per heavy atom. The van der Waals surface area contributed by atoms with E-state index in [9.17, 15) is 18.6 Å². The molecule has 0 bridgehead atoms. The highest BCUT2D eigenvalue weighted by Gasteiger charge is 2.21. The van der Waals surface area contributed by atoms with Gasteiger partial charge in [-0.3, -0.25) is 4.55 Å². The van der Waals surface area contributed by atoms with Crippen LogP contribution in [0.15, 0.2) is 17.0 Å². The fourth-order valence-electron chi connectivity index (χ4n) is 1.34. The second kappa shape index (κ2) is 4.88. The van der Waals surface area contributed by atoms with Crippen molar-refractivity contribution in [3.8, 4) is 11.5 Å². The zero-order chi connectivity index (χ0) is 13.2. The Hall–Kier alpha value is -1.35. The van der Waals surface area contributed by atoms with Crippen LogP contribution >= 0.6 is 0 Å². The fourth-order valence-corrected chi connectivity index (χ4v) is 1.92. The summed E-state index contributed by atoms with van der Waals surface area (Å²) in [5.41, 5.74) is 11.1. The Kier molecular flexibility index (Phi) is 3.94. The molecule has 0 heterocycles. The van der Waals surface area contributed by atoms with Gasteiger partial charge >= 0.3 is 0 Å². The fraction of sp³-hybridized carbons (Fsp3) is 0.333. The summed E-state index contributed by atoms with van der Waals surface area (Å²) < 4.78 is 30.4. The van der Waals surface area contributed by atoms with Crippen molar-refractivity contribution >= 4 is 10.1 Å². The van der Waals surface area contributed by atoms with E-state index >= 15 is 0 Å². The second-order valence-electron chi connectivity index (χ2n) is 3.60. The van der Waals surface area contributed by atoms with Crippen molar-refractivity contribution in [2.75, 3.05) is 6.54 Å². The predicted molar refractivity (Wildman–Crippen MR) is 60.3 cm³/mol. The molecule has 0 radical (unpaired) electrons. The first-order valence-electron chi connectivity index (χ1n) is 4.74. The molecule has 96 valence electrons. The Bertz CT molecular complexity index is 514. The summed E-state index contributed by atoms with van der Waals surface area (Å²) in [5, 5.41) is 19.0. The van der Waals surface area contributed by atoms with Gasteiger partial charge in [-0.25, -0.2) is 0 Å². The van der Waals surface area contributed by atoms with Gasteiger partial charge in [-0.15, -0.1) is 0 Å². The average Bonchev–Trinajstić information content (AvgIpc) is 2.22. The minimum Gasteiger partial charge on any atom is -0.504 e. The molecule has 0 aromatic heterocycles. The van der Waals surface area contributed by atoms with Crippen molar-refractivity contribution in [3.05, 3.63) is 17.7 Å². The molecule has 0 saturated carbocycles. The van der Waals surface area contributed by atoms with Crippen LogP contribution in [0.1, 0.15) is 5.56 Å².